The van der Waals surface area contributed by atoms with Crippen molar-refractivity contribution in [1.29, 1.82) is 0 Å². The minimum atomic E-state index is -0.408. The Morgan fingerprint density at radius 2 is 1.96 bits per heavy atom. The summed E-state index contributed by atoms with van der Waals surface area (Å²) in [6.45, 7) is 6.29. The van der Waals surface area contributed by atoms with Gasteiger partial charge in [-0.2, -0.15) is 5.10 Å². The number of rotatable bonds is 5. The van der Waals surface area contributed by atoms with Crippen LogP contribution >= 0.6 is 0 Å². The van der Waals surface area contributed by atoms with Crippen molar-refractivity contribution >= 4 is 11.6 Å². The number of nitrogens with one attached hydrogen (secondary N) is 2. The van der Waals surface area contributed by atoms with Gasteiger partial charge < -0.3 is 10.6 Å². The van der Waals surface area contributed by atoms with Crippen LogP contribution in [0.25, 0.3) is 0 Å². The van der Waals surface area contributed by atoms with E-state index in [1.54, 1.807) is 6.20 Å². The van der Waals surface area contributed by atoms with E-state index in [1.165, 1.54) is 0 Å². The molecule has 1 heterocycles. The van der Waals surface area contributed by atoms with Gasteiger partial charge in [0.2, 0.25) is 5.91 Å². The maximum atomic E-state index is 12.6. The molecule has 1 amide bonds. The molecule has 0 saturated heterocycles. The molecule has 3 rings (SSSR count). The van der Waals surface area contributed by atoms with Gasteiger partial charge in [-0.1, -0.05) is 30.3 Å². The third-order valence-electron chi connectivity index (χ3n) is 3.90. The zero-order valence-corrected chi connectivity index (χ0v) is 13.9. The van der Waals surface area contributed by atoms with Gasteiger partial charge >= 0.3 is 0 Å². The zero-order chi connectivity index (χ0) is 16.4. The van der Waals surface area contributed by atoms with E-state index in [-0.39, 0.29) is 11.4 Å². The van der Waals surface area contributed by atoms with Crippen molar-refractivity contribution < 1.29 is 4.79 Å². The van der Waals surface area contributed by atoms with Crippen molar-refractivity contribution in [3.8, 4) is 0 Å². The Hall–Kier alpha value is -2.30. The van der Waals surface area contributed by atoms with E-state index < -0.39 is 6.04 Å². The smallest absolute Gasteiger partial charge is 0.247 e. The highest BCUT2D eigenvalue weighted by Gasteiger charge is 2.28. The number of amides is 1. The predicted molar refractivity (Wildman–Crippen MR) is 91.2 cm³/mol. The lowest BCUT2D eigenvalue weighted by Gasteiger charge is -2.20. The molecule has 2 N–H and O–H groups in total. The third-order valence-corrected chi connectivity index (χ3v) is 3.90. The third kappa shape index (κ3) is 3.92. The second-order valence-electron chi connectivity index (χ2n) is 7.12. The van der Waals surface area contributed by atoms with Gasteiger partial charge in [0, 0.05) is 12.2 Å². The Bertz CT molecular complexity index is 668. The summed E-state index contributed by atoms with van der Waals surface area (Å²) in [7, 11) is 0. The number of hydrogen-bond donors (Lipinski definition) is 2. The first-order valence-corrected chi connectivity index (χ1v) is 8.10. The van der Waals surface area contributed by atoms with E-state index in [9.17, 15) is 4.79 Å². The molecule has 0 aliphatic heterocycles. The summed E-state index contributed by atoms with van der Waals surface area (Å²) < 4.78 is 1.90. The summed E-state index contributed by atoms with van der Waals surface area (Å²) in [5, 5.41) is 10.8. The second-order valence-corrected chi connectivity index (χ2v) is 7.12. The maximum Gasteiger partial charge on any atom is 0.247 e. The molecule has 2 aromatic rings. The number of benzene rings is 1. The fourth-order valence-corrected chi connectivity index (χ4v) is 2.39. The first-order valence-electron chi connectivity index (χ1n) is 8.10. The highest BCUT2D eigenvalue weighted by atomic mass is 16.2. The van der Waals surface area contributed by atoms with Gasteiger partial charge in [-0.25, -0.2) is 0 Å². The lowest BCUT2D eigenvalue weighted by molar-refractivity contribution is -0.122. The number of anilines is 1. The fraction of sp³-hybridized carbons (Fsp3) is 0.444. The van der Waals surface area contributed by atoms with E-state index in [4.69, 9.17) is 0 Å². The van der Waals surface area contributed by atoms with Crippen LogP contribution in [-0.4, -0.2) is 21.7 Å². The normalized spacial score (nSPS) is 16.0. The minimum Gasteiger partial charge on any atom is -0.368 e. The first kappa shape index (κ1) is 15.6. The molecule has 122 valence electrons. The van der Waals surface area contributed by atoms with Crippen LogP contribution in [-0.2, 0) is 10.3 Å². The van der Waals surface area contributed by atoms with Crippen LogP contribution in [0.15, 0.2) is 42.7 Å². The minimum absolute atomic E-state index is 0.0159. The fourth-order valence-electron chi connectivity index (χ4n) is 2.39. The van der Waals surface area contributed by atoms with Crippen LogP contribution in [0.3, 0.4) is 0 Å². The molecule has 1 aromatic carbocycles. The van der Waals surface area contributed by atoms with Crippen molar-refractivity contribution in [2.75, 3.05) is 5.32 Å². The molecule has 0 bridgehead atoms. The molecule has 1 aliphatic carbocycles. The van der Waals surface area contributed by atoms with Crippen LogP contribution in [0.5, 0.6) is 0 Å². The van der Waals surface area contributed by atoms with E-state index in [1.807, 2.05) is 41.2 Å². The van der Waals surface area contributed by atoms with Gasteiger partial charge in [-0.15, -0.1) is 0 Å². The van der Waals surface area contributed by atoms with Crippen molar-refractivity contribution in [3.05, 3.63) is 48.3 Å². The molecule has 1 aliphatic rings. The Balaban J connectivity index is 1.80. The van der Waals surface area contributed by atoms with Gasteiger partial charge in [-0.05, 0) is 39.2 Å². The standard InChI is InChI=1S/C18H24N4O/c1-18(2,3)22-12-15(11-19-22)20-16(13-7-5-4-6-8-13)17(23)21-14-9-10-14/h4-8,11-12,14,16,20H,9-10H2,1-3H3,(H,21,23). The van der Waals surface area contributed by atoms with E-state index in [0.29, 0.717) is 6.04 Å². The number of carbonyl (C=O) groups excluding carboxylic acids is 1. The molecule has 1 fully saturated rings. The summed E-state index contributed by atoms with van der Waals surface area (Å²) in [4.78, 5) is 12.6. The highest BCUT2D eigenvalue weighted by Crippen LogP contribution is 2.24. The molecular weight excluding hydrogens is 288 g/mol. The Morgan fingerprint density at radius 1 is 1.26 bits per heavy atom. The predicted octanol–water partition coefficient (Wildman–Crippen LogP) is 3.07. The topological polar surface area (TPSA) is 59.0 Å². The van der Waals surface area contributed by atoms with Gasteiger partial charge in [0.1, 0.15) is 6.04 Å². The summed E-state index contributed by atoms with van der Waals surface area (Å²) in [5.74, 6) is 0.0159. The van der Waals surface area contributed by atoms with Gasteiger partial charge in [0.05, 0.1) is 17.4 Å². The van der Waals surface area contributed by atoms with Crippen molar-refractivity contribution in [2.24, 2.45) is 0 Å². The summed E-state index contributed by atoms with van der Waals surface area (Å²) in [6, 6.07) is 9.73. The average molecular weight is 312 g/mol. The number of carbonyl (C=O) groups is 1. The molecule has 5 heteroatoms. The van der Waals surface area contributed by atoms with Gasteiger partial charge in [0.25, 0.3) is 0 Å². The molecule has 5 nitrogen and oxygen atoms in total. The largest absolute Gasteiger partial charge is 0.368 e. The van der Waals surface area contributed by atoms with E-state index in [0.717, 1.165) is 24.1 Å². The monoisotopic (exact) mass is 312 g/mol. The van der Waals surface area contributed by atoms with Crippen LogP contribution in [0.1, 0.15) is 45.2 Å². The van der Waals surface area contributed by atoms with Crippen molar-refractivity contribution in [1.82, 2.24) is 15.1 Å². The SMILES string of the molecule is CC(C)(C)n1cc(NC(C(=O)NC2CC2)c2ccccc2)cn1. The molecule has 0 spiro atoms. The Morgan fingerprint density at radius 3 is 2.52 bits per heavy atom. The van der Waals surface area contributed by atoms with E-state index in [2.05, 4.69) is 36.5 Å². The first-order chi connectivity index (χ1) is 10.9. The number of hydrogen-bond acceptors (Lipinski definition) is 3. The second kappa shape index (κ2) is 6.07. The molecule has 0 radical (unpaired) electrons. The lowest BCUT2D eigenvalue weighted by Crippen LogP contribution is -2.34. The van der Waals surface area contributed by atoms with Crippen LogP contribution < -0.4 is 10.6 Å². The zero-order valence-electron chi connectivity index (χ0n) is 13.9. The Labute approximate surface area is 137 Å². The molecule has 1 unspecified atom stereocenters. The molecule has 1 atom stereocenters. The summed E-state index contributed by atoms with van der Waals surface area (Å²) >= 11 is 0. The number of nitrogens with zero attached hydrogens (tertiary/aromatic N) is 2. The van der Waals surface area contributed by atoms with Gasteiger partial charge in [-0.3, -0.25) is 9.48 Å². The molecule has 23 heavy (non-hydrogen) atoms. The van der Waals surface area contributed by atoms with Crippen LogP contribution in [0.2, 0.25) is 0 Å². The molecule has 1 saturated carbocycles. The molecular formula is C18H24N4O. The summed E-state index contributed by atoms with van der Waals surface area (Å²) in [5.41, 5.74) is 1.72. The molecule has 1 aromatic heterocycles. The lowest BCUT2D eigenvalue weighted by atomic mass is 10.1. The average Bonchev–Trinajstić information content (AvgIpc) is 3.18. The van der Waals surface area contributed by atoms with Crippen molar-refractivity contribution in [3.63, 3.8) is 0 Å². The van der Waals surface area contributed by atoms with Crippen molar-refractivity contribution in [2.45, 2.75) is 51.2 Å². The summed E-state index contributed by atoms with van der Waals surface area (Å²) in [6.07, 6.45) is 5.87. The van der Waals surface area contributed by atoms with Gasteiger partial charge in [0.15, 0.2) is 0 Å². The van der Waals surface area contributed by atoms with Crippen LogP contribution in [0, 0.1) is 0 Å². The maximum absolute atomic E-state index is 12.6. The number of aromatic nitrogens is 2. The quantitative estimate of drug-likeness (QED) is 0.892. The Kier molecular flexibility index (Phi) is 4.11. The highest BCUT2D eigenvalue weighted by molar-refractivity contribution is 5.86. The van der Waals surface area contributed by atoms with E-state index >= 15 is 0 Å². The van der Waals surface area contributed by atoms with Crippen LogP contribution in [0.4, 0.5) is 5.69 Å².